The molecular formula is C35H49N3O8. The van der Waals surface area contributed by atoms with Crippen LogP contribution < -0.4 is 5.32 Å². The summed E-state index contributed by atoms with van der Waals surface area (Å²) < 4.78 is 18.2. The van der Waals surface area contributed by atoms with E-state index in [2.05, 4.69) is 25.4 Å². The number of β-amino-alcohol motifs (C(OH)–C–C–N with tert-alkyl or cyclic N) is 1. The molecular weight excluding hydrogens is 590 g/mol. The van der Waals surface area contributed by atoms with E-state index in [1.807, 2.05) is 18.2 Å². The molecule has 3 fully saturated rings. The predicted octanol–water partition coefficient (Wildman–Crippen LogP) is 2.94. The number of aliphatic hydroxyl groups excluding tert-OH is 1. The van der Waals surface area contributed by atoms with Crippen LogP contribution in [0.25, 0.3) is 0 Å². The standard InChI is InChI=1S/C35H49N3O8/c1-5-8-13-20-37(19-7-3)33(42)31-35-18-17-26(46-35)28(29(35)32(41)38(31)21-22-39)34(43)45-30(24-14-11-10-12-15-24)25(23-44-4)36-27(40)16-9-6-2/h6-7,10-12,14-15,25-26,28-31,39H,2-3,5,8-9,13,16-23H2,1,4H3,(H,36,40)/t25-,26-,28+,29+,30-,31-,35+/m1/s1. The van der Waals surface area contributed by atoms with Crippen molar-refractivity contribution in [3.63, 3.8) is 0 Å². The van der Waals surface area contributed by atoms with E-state index in [-0.39, 0.29) is 38.0 Å². The molecule has 2 bridgehead atoms. The topological polar surface area (TPSA) is 135 Å². The van der Waals surface area contributed by atoms with Crippen LogP contribution in [0.1, 0.15) is 63.5 Å². The van der Waals surface area contributed by atoms with E-state index in [0.29, 0.717) is 37.9 Å². The van der Waals surface area contributed by atoms with Gasteiger partial charge in [0.05, 0.1) is 37.2 Å². The minimum Gasteiger partial charge on any atom is -0.455 e. The second-order valence-electron chi connectivity index (χ2n) is 12.3. The number of nitrogens with zero attached hydrogens (tertiary/aromatic N) is 2. The molecule has 0 radical (unpaired) electrons. The fraction of sp³-hybridized carbons (Fsp3) is 0.600. The Balaban J connectivity index is 1.65. The first kappa shape index (κ1) is 35.3. The number of fused-ring (bicyclic) bond motifs is 1. The monoisotopic (exact) mass is 639 g/mol. The fourth-order valence-electron chi connectivity index (χ4n) is 7.35. The van der Waals surface area contributed by atoms with Crippen molar-refractivity contribution >= 4 is 23.7 Å². The summed E-state index contributed by atoms with van der Waals surface area (Å²) in [4.78, 5) is 58.4. The highest BCUT2D eigenvalue weighted by molar-refractivity contribution is 5.98. The molecule has 0 aromatic heterocycles. The number of esters is 1. The summed E-state index contributed by atoms with van der Waals surface area (Å²) >= 11 is 0. The van der Waals surface area contributed by atoms with Gasteiger partial charge >= 0.3 is 5.97 Å². The van der Waals surface area contributed by atoms with Gasteiger partial charge in [-0.05, 0) is 31.2 Å². The van der Waals surface area contributed by atoms with Crippen molar-refractivity contribution in [3.05, 3.63) is 61.2 Å². The minimum atomic E-state index is -1.21. The number of carbonyl (C=O) groups excluding carboxylic acids is 4. The molecule has 11 heteroatoms. The largest absolute Gasteiger partial charge is 0.455 e. The first-order valence-electron chi connectivity index (χ1n) is 16.4. The van der Waals surface area contributed by atoms with Crippen LogP contribution >= 0.6 is 0 Å². The van der Waals surface area contributed by atoms with Crippen LogP contribution in [-0.2, 0) is 33.4 Å². The summed E-state index contributed by atoms with van der Waals surface area (Å²) in [5.41, 5.74) is -0.560. The average molecular weight is 640 g/mol. The third-order valence-electron chi connectivity index (χ3n) is 9.34. The van der Waals surface area contributed by atoms with E-state index in [9.17, 15) is 24.3 Å². The molecule has 4 rings (SSSR count). The van der Waals surface area contributed by atoms with Gasteiger partial charge in [0.1, 0.15) is 17.7 Å². The molecule has 1 aromatic rings. The van der Waals surface area contributed by atoms with Crippen LogP contribution in [0.3, 0.4) is 0 Å². The number of benzene rings is 1. The molecule has 0 aliphatic carbocycles. The third kappa shape index (κ3) is 7.21. The van der Waals surface area contributed by atoms with Gasteiger partial charge in [-0.3, -0.25) is 19.2 Å². The van der Waals surface area contributed by atoms with Crippen LogP contribution in [-0.4, -0.2) is 102 Å². The number of aliphatic hydroxyl groups is 1. The fourth-order valence-corrected chi connectivity index (χ4v) is 7.35. The number of likely N-dealkylation sites (tertiary alicyclic amines) is 1. The van der Waals surface area contributed by atoms with Crippen molar-refractivity contribution in [3.8, 4) is 0 Å². The average Bonchev–Trinajstić information content (AvgIpc) is 3.70. The quantitative estimate of drug-likeness (QED) is 0.134. The van der Waals surface area contributed by atoms with E-state index in [1.165, 1.54) is 12.0 Å². The summed E-state index contributed by atoms with van der Waals surface area (Å²) in [6, 6.07) is 7.39. The van der Waals surface area contributed by atoms with Gasteiger partial charge in [-0.2, -0.15) is 0 Å². The number of amides is 3. The second-order valence-corrected chi connectivity index (χ2v) is 12.3. The van der Waals surface area contributed by atoms with Gasteiger partial charge in [0.25, 0.3) is 0 Å². The van der Waals surface area contributed by atoms with Crippen molar-refractivity contribution in [2.24, 2.45) is 11.8 Å². The lowest BCUT2D eigenvalue weighted by atomic mass is 9.70. The Morgan fingerprint density at radius 2 is 1.98 bits per heavy atom. The van der Waals surface area contributed by atoms with Crippen LogP contribution in [0.5, 0.6) is 0 Å². The Morgan fingerprint density at radius 1 is 1.22 bits per heavy atom. The Hall–Kier alpha value is -3.54. The van der Waals surface area contributed by atoms with E-state index in [1.54, 1.807) is 29.2 Å². The van der Waals surface area contributed by atoms with Gasteiger partial charge in [0, 0.05) is 33.2 Å². The van der Waals surface area contributed by atoms with Gasteiger partial charge < -0.3 is 34.4 Å². The summed E-state index contributed by atoms with van der Waals surface area (Å²) in [7, 11) is 1.50. The van der Waals surface area contributed by atoms with Crippen LogP contribution in [0, 0.1) is 11.8 Å². The molecule has 0 unspecified atom stereocenters. The number of hydrogen-bond acceptors (Lipinski definition) is 8. The van der Waals surface area contributed by atoms with E-state index in [4.69, 9.17) is 14.2 Å². The molecule has 2 N–H and O–H groups in total. The molecule has 7 atom stereocenters. The lowest BCUT2D eigenvalue weighted by molar-refractivity contribution is -0.163. The highest BCUT2D eigenvalue weighted by Gasteiger charge is 2.75. The number of hydrogen-bond donors (Lipinski definition) is 2. The zero-order chi connectivity index (χ0) is 33.3. The lowest BCUT2D eigenvalue weighted by Gasteiger charge is -2.36. The van der Waals surface area contributed by atoms with Crippen molar-refractivity contribution in [1.29, 1.82) is 0 Å². The van der Waals surface area contributed by atoms with Crippen LogP contribution in [0.15, 0.2) is 55.6 Å². The van der Waals surface area contributed by atoms with Gasteiger partial charge in [-0.1, -0.05) is 62.2 Å². The van der Waals surface area contributed by atoms with Gasteiger partial charge in [-0.15, -0.1) is 13.2 Å². The number of nitrogens with one attached hydrogen (secondary N) is 1. The number of rotatable bonds is 19. The second kappa shape index (κ2) is 16.3. The first-order valence-corrected chi connectivity index (χ1v) is 16.4. The van der Waals surface area contributed by atoms with E-state index < -0.39 is 53.6 Å². The third-order valence-corrected chi connectivity index (χ3v) is 9.34. The summed E-state index contributed by atoms with van der Waals surface area (Å²) in [5.74, 6) is -3.44. The molecule has 3 amide bonds. The normalized spacial score (nSPS) is 25.9. The maximum Gasteiger partial charge on any atom is 0.313 e. The highest BCUT2D eigenvalue weighted by atomic mass is 16.6. The minimum absolute atomic E-state index is 0.0561. The molecule has 1 spiro atoms. The van der Waals surface area contributed by atoms with Gasteiger partial charge in [-0.25, -0.2) is 0 Å². The molecule has 3 aliphatic rings. The smallest absolute Gasteiger partial charge is 0.313 e. The molecule has 11 nitrogen and oxygen atoms in total. The van der Waals surface area contributed by atoms with Crippen molar-refractivity contribution in [1.82, 2.24) is 15.1 Å². The summed E-state index contributed by atoms with van der Waals surface area (Å²) in [6.07, 6.45) is 6.15. The number of ether oxygens (including phenoxy) is 3. The number of allylic oxidation sites excluding steroid dienone is 1. The SMILES string of the molecule is C=CCCC(=O)N[C@H](COC)[C@H](OC(=O)[C@@H]1[C@H]2C(=O)N(CCO)[C@H](C(=O)N(CC=C)CCCCC)[C@]23CC[C@H]1O3)c1ccccc1. The molecule has 3 saturated heterocycles. The maximum absolute atomic E-state index is 14.2. The zero-order valence-electron chi connectivity index (χ0n) is 27.1. The van der Waals surface area contributed by atoms with E-state index >= 15 is 0 Å². The molecule has 1 aromatic carbocycles. The number of carbonyl (C=O) groups is 4. The number of unbranched alkanes of at least 4 members (excludes halogenated alkanes) is 2. The molecule has 0 saturated carbocycles. The highest BCUT2D eigenvalue weighted by Crippen LogP contribution is 2.59. The summed E-state index contributed by atoms with van der Waals surface area (Å²) in [5, 5.41) is 12.9. The lowest BCUT2D eigenvalue weighted by Crippen LogP contribution is -2.56. The molecule has 252 valence electrons. The Labute approximate surface area is 271 Å². The van der Waals surface area contributed by atoms with Crippen LogP contribution in [0.4, 0.5) is 0 Å². The van der Waals surface area contributed by atoms with Gasteiger partial charge in [0.15, 0.2) is 0 Å². The Bertz CT molecular complexity index is 1240. The van der Waals surface area contributed by atoms with Crippen molar-refractivity contribution in [2.75, 3.05) is 40.0 Å². The van der Waals surface area contributed by atoms with E-state index in [0.717, 1.165) is 19.3 Å². The van der Waals surface area contributed by atoms with Gasteiger partial charge in [0.2, 0.25) is 17.7 Å². The number of methoxy groups -OCH3 is 1. The maximum atomic E-state index is 14.2. The zero-order valence-corrected chi connectivity index (χ0v) is 27.1. The Kier molecular flexibility index (Phi) is 12.5. The predicted molar refractivity (Wildman–Crippen MR) is 171 cm³/mol. The van der Waals surface area contributed by atoms with Crippen molar-refractivity contribution in [2.45, 2.75) is 81.8 Å². The van der Waals surface area contributed by atoms with Crippen molar-refractivity contribution < 1.29 is 38.5 Å². The summed E-state index contributed by atoms with van der Waals surface area (Å²) in [6.45, 7) is 10.1. The Morgan fingerprint density at radius 3 is 2.63 bits per heavy atom. The molecule has 3 heterocycles. The first-order chi connectivity index (χ1) is 22.3. The molecule has 3 aliphatic heterocycles. The van der Waals surface area contributed by atoms with Crippen LogP contribution in [0.2, 0.25) is 0 Å². The molecule has 46 heavy (non-hydrogen) atoms.